The van der Waals surface area contributed by atoms with E-state index in [4.69, 9.17) is 5.11 Å². The number of amides is 1. The van der Waals surface area contributed by atoms with Gasteiger partial charge in [-0.15, -0.1) is 0 Å². The number of benzene rings is 1. The highest BCUT2D eigenvalue weighted by Gasteiger charge is 2.16. The van der Waals surface area contributed by atoms with Crippen molar-refractivity contribution < 1.29 is 14.3 Å². The Morgan fingerprint density at radius 3 is 2.89 bits per heavy atom. The molecule has 0 radical (unpaired) electrons. The molecule has 2 N–H and O–H groups in total. The average molecular weight is 271 g/mol. The number of carbonyl (C=O) groups excluding carboxylic acids is 1. The Hall–Kier alpha value is -1.07. The van der Waals surface area contributed by atoms with Gasteiger partial charge in [-0.1, -0.05) is 12.1 Å². The molecule has 0 saturated heterocycles. The van der Waals surface area contributed by atoms with E-state index in [0.717, 1.165) is 0 Å². The van der Waals surface area contributed by atoms with Gasteiger partial charge in [0.15, 0.2) is 0 Å². The van der Waals surface area contributed by atoms with E-state index in [0.29, 0.717) is 17.7 Å². The molecule has 0 aromatic heterocycles. The molecule has 1 aromatic carbocycles. The minimum absolute atomic E-state index is 0.00179. The van der Waals surface area contributed by atoms with Crippen LogP contribution in [0.25, 0.3) is 0 Å². The Morgan fingerprint density at radius 1 is 1.56 bits per heavy atom. The van der Waals surface area contributed by atoms with Gasteiger partial charge >= 0.3 is 0 Å². The molecule has 1 aromatic rings. The molecule has 1 amide bonds. The minimum Gasteiger partial charge on any atom is -0.396 e. The Balaban J connectivity index is 2.77. The van der Waals surface area contributed by atoms with Gasteiger partial charge < -0.3 is 10.4 Å². The highest BCUT2D eigenvalue weighted by atomic mass is 32.2. The van der Waals surface area contributed by atoms with Crippen LogP contribution >= 0.6 is 11.8 Å². The summed E-state index contributed by atoms with van der Waals surface area (Å²) in [5.74, 6) is -0.217. The maximum absolute atomic E-state index is 13.8. The molecular weight excluding hydrogens is 253 g/mol. The summed E-state index contributed by atoms with van der Waals surface area (Å²) in [5.41, 5.74) is 0.505. The molecule has 0 aliphatic carbocycles. The maximum Gasteiger partial charge on any atom is 0.254 e. The second-order valence-electron chi connectivity index (χ2n) is 4.07. The standard InChI is InChI=1S/C13H18FNO2S/c1-9-4-3-5-11(12(9)14)13(17)15-10(6-7-16)8-18-2/h3-5,10,16H,6-8H2,1-2H3,(H,15,17)/t10-/m1/s1. The zero-order valence-electron chi connectivity index (χ0n) is 10.6. The van der Waals surface area contributed by atoms with Crippen LogP contribution in [0.15, 0.2) is 18.2 Å². The molecule has 0 aliphatic rings. The summed E-state index contributed by atoms with van der Waals surface area (Å²) in [4.78, 5) is 11.9. The minimum atomic E-state index is -0.484. The van der Waals surface area contributed by atoms with Crippen molar-refractivity contribution in [1.29, 1.82) is 0 Å². The molecule has 0 heterocycles. The predicted octanol–water partition coefficient (Wildman–Crippen LogP) is 1.98. The SMILES string of the molecule is CSC[C@@H](CCO)NC(=O)c1cccc(C)c1F. The number of aliphatic hydroxyl groups excluding tert-OH is 1. The number of nitrogens with one attached hydrogen (secondary N) is 1. The Morgan fingerprint density at radius 2 is 2.28 bits per heavy atom. The Kier molecular flexibility index (Phi) is 6.15. The molecule has 3 nitrogen and oxygen atoms in total. The lowest BCUT2D eigenvalue weighted by Gasteiger charge is -2.17. The lowest BCUT2D eigenvalue weighted by atomic mass is 10.1. The third-order valence-electron chi connectivity index (χ3n) is 2.62. The van der Waals surface area contributed by atoms with Crippen LogP contribution < -0.4 is 5.32 Å². The first-order valence-corrected chi connectivity index (χ1v) is 7.15. The second kappa shape index (κ2) is 7.38. The van der Waals surface area contributed by atoms with Crippen LogP contribution in [0.1, 0.15) is 22.3 Å². The summed E-state index contributed by atoms with van der Waals surface area (Å²) in [5, 5.41) is 11.7. The van der Waals surface area contributed by atoms with Crippen molar-refractivity contribution in [2.75, 3.05) is 18.6 Å². The predicted molar refractivity (Wildman–Crippen MR) is 72.5 cm³/mol. The average Bonchev–Trinajstić information content (AvgIpc) is 2.33. The van der Waals surface area contributed by atoms with Crippen LogP contribution in [-0.2, 0) is 0 Å². The molecule has 0 fully saturated rings. The Bertz CT molecular complexity index is 406. The number of aryl methyl sites for hydroxylation is 1. The van der Waals surface area contributed by atoms with Crippen LogP contribution in [0.3, 0.4) is 0 Å². The number of carbonyl (C=O) groups is 1. The topological polar surface area (TPSA) is 49.3 Å². The summed E-state index contributed by atoms with van der Waals surface area (Å²) >= 11 is 1.57. The van der Waals surface area contributed by atoms with Crippen molar-refractivity contribution in [3.05, 3.63) is 35.1 Å². The van der Waals surface area contributed by atoms with Gasteiger partial charge in [-0.25, -0.2) is 4.39 Å². The van der Waals surface area contributed by atoms with Gasteiger partial charge in [0.05, 0.1) is 5.56 Å². The normalized spacial score (nSPS) is 12.2. The molecule has 1 rings (SSSR count). The van der Waals surface area contributed by atoms with Gasteiger partial charge in [0, 0.05) is 18.4 Å². The molecular formula is C13H18FNO2S. The zero-order chi connectivity index (χ0) is 13.5. The van der Waals surface area contributed by atoms with E-state index in [1.807, 2.05) is 6.26 Å². The lowest BCUT2D eigenvalue weighted by molar-refractivity contribution is 0.0931. The molecule has 100 valence electrons. The van der Waals surface area contributed by atoms with Crippen LogP contribution in [0.2, 0.25) is 0 Å². The van der Waals surface area contributed by atoms with E-state index < -0.39 is 11.7 Å². The highest BCUT2D eigenvalue weighted by Crippen LogP contribution is 2.12. The fraction of sp³-hybridized carbons (Fsp3) is 0.462. The van der Waals surface area contributed by atoms with Crippen LogP contribution in [0.5, 0.6) is 0 Å². The number of halogens is 1. The summed E-state index contributed by atoms with van der Waals surface area (Å²) < 4.78 is 13.8. The molecule has 0 unspecified atom stereocenters. The van der Waals surface area contributed by atoms with Crippen molar-refractivity contribution >= 4 is 17.7 Å². The number of aliphatic hydroxyl groups is 1. The zero-order valence-corrected chi connectivity index (χ0v) is 11.4. The Labute approximate surface area is 111 Å². The smallest absolute Gasteiger partial charge is 0.254 e. The number of hydrogen-bond acceptors (Lipinski definition) is 3. The quantitative estimate of drug-likeness (QED) is 0.832. The third-order valence-corrected chi connectivity index (χ3v) is 3.35. The molecule has 0 spiro atoms. The maximum atomic E-state index is 13.8. The van der Waals surface area contributed by atoms with E-state index >= 15 is 0 Å². The fourth-order valence-electron chi connectivity index (χ4n) is 1.64. The van der Waals surface area contributed by atoms with Gasteiger partial charge in [-0.05, 0) is 31.2 Å². The van der Waals surface area contributed by atoms with Gasteiger partial charge in [0.2, 0.25) is 0 Å². The van der Waals surface area contributed by atoms with E-state index in [2.05, 4.69) is 5.32 Å². The van der Waals surface area contributed by atoms with E-state index in [-0.39, 0.29) is 18.2 Å². The summed E-state index contributed by atoms with van der Waals surface area (Å²) in [7, 11) is 0. The monoisotopic (exact) mass is 271 g/mol. The van der Waals surface area contributed by atoms with Gasteiger partial charge in [0.25, 0.3) is 5.91 Å². The molecule has 5 heteroatoms. The highest BCUT2D eigenvalue weighted by molar-refractivity contribution is 7.98. The molecule has 18 heavy (non-hydrogen) atoms. The summed E-state index contributed by atoms with van der Waals surface area (Å²) in [6, 6.07) is 4.60. The fourth-order valence-corrected chi connectivity index (χ4v) is 2.29. The summed E-state index contributed by atoms with van der Waals surface area (Å²) in [6.45, 7) is 1.63. The molecule has 0 saturated carbocycles. The summed E-state index contributed by atoms with van der Waals surface area (Å²) in [6.07, 6.45) is 2.39. The lowest BCUT2D eigenvalue weighted by Crippen LogP contribution is -2.37. The van der Waals surface area contributed by atoms with E-state index in [1.165, 1.54) is 6.07 Å². The van der Waals surface area contributed by atoms with E-state index in [9.17, 15) is 9.18 Å². The first kappa shape index (κ1) is 15.0. The first-order valence-electron chi connectivity index (χ1n) is 5.76. The number of hydrogen-bond donors (Lipinski definition) is 2. The first-order chi connectivity index (χ1) is 8.60. The number of thioether (sulfide) groups is 1. The number of rotatable bonds is 6. The van der Waals surface area contributed by atoms with Crippen molar-refractivity contribution in [2.24, 2.45) is 0 Å². The largest absolute Gasteiger partial charge is 0.396 e. The van der Waals surface area contributed by atoms with Crippen molar-refractivity contribution in [2.45, 2.75) is 19.4 Å². The molecule has 1 atom stereocenters. The molecule has 0 aliphatic heterocycles. The van der Waals surface area contributed by atoms with Crippen molar-refractivity contribution in [3.63, 3.8) is 0 Å². The third kappa shape index (κ3) is 3.99. The van der Waals surface area contributed by atoms with Crippen molar-refractivity contribution in [3.8, 4) is 0 Å². The van der Waals surface area contributed by atoms with Gasteiger partial charge in [0.1, 0.15) is 5.82 Å². The van der Waals surface area contributed by atoms with Crippen LogP contribution in [-0.4, -0.2) is 35.7 Å². The van der Waals surface area contributed by atoms with E-state index in [1.54, 1.807) is 30.8 Å². The van der Waals surface area contributed by atoms with Crippen molar-refractivity contribution in [1.82, 2.24) is 5.32 Å². The second-order valence-corrected chi connectivity index (χ2v) is 4.99. The van der Waals surface area contributed by atoms with Gasteiger partial charge in [-0.2, -0.15) is 11.8 Å². The van der Waals surface area contributed by atoms with Crippen LogP contribution in [0.4, 0.5) is 4.39 Å². The molecule has 0 bridgehead atoms. The van der Waals surface area contributed by atoms with Gasteiger partial charge in [-0.3, -0.25) is 4.79 Å². The van der Waals surface area contributed by atoms with Crippen LogP contribution in [0, 0.1) is 12.7 Å².